The van der Waals surface area contributed by atoms with Crippen LogP contribution in [-0.4, -0.2) is 69.0 Å². The van der Waals surface area contributed by atoms with Crippen LogP contribution in [0.1, 0.15) is 89.3 Å². The lowest BCUT2D eigenvalue weighted by atomic mass is 9.85. The summed E-state index contributed by atoms with van der Waals surface area (Å²) in [6, 6.07) is 10.8. The minimum atomic E-state index is -4.25. The molecule has 1 fully saturated rings. The summed E-state index contributed by atoms with van der Waals surface area (Å²) in [6.07, 6.45) is 5.77. The standard InChI is InChI=1S/C34H48N2O9S3/c1-4-35-29-18-22(2)47(41,42)34-28(29)20-33(46-34)48(43,44)36-32(40)15-11-6-5-10-14-26-27(31(21-30(26)39)45-23(3)37)17-16-25(38)19-24-12-8-7-9-13-24/h5,7-10,12-13,20,22,25-27,29-31,35,38-39H,4,6,11,14-19,21H2,1-3H3,(H,36,40)/b10-5-/t22-,25-,26-,27-,29-,30+,31-/m1/s1. The monoisotopic (exact) mass is 724 g/mol. The third kappa shape index (κ3) is 9.75. The zero-order chi connectivity index (χ0) is 35.1. The quantitative estimate of drug-likeness (QED) is 0.112. The number of esters is 1. The predicted octanol–water partition coefficient (Wildman–Crippen LogP) is 4.20. The van der Waals surface area contributed by atoms with Crippen molar-refractivity contribution < 1.29 is 41.4 Å². The second-order valence-corrected chi connectivity index (χ2v) is 18.4. The molecule has 4 N–H and O–H groups in total. The maximum Gasteiger partial charge on any atom is 0.302 e. The Morgan fingerprint density at radius 3 is 2.56 bits per heavy atom. The molecule has 48 heavy (non-hydrogen) atoms. The van der Waals surface area contributed by atoms with Crippen molar-refractivity contribution in [3.63, 3.8) is 0 Å². The van der Waals surface area contributed by atoms with Crippen LogP contribution in [0, 0.1) is 11.8 Å². The molecule has 14 heteroatoms. The molecule has 0 unspecified atom stereocenters. The molecule has 0 radical (unpaired) electrons. The molecule has 0 bridgehead atoms. The van der Waals surface area contributed by atoms with Crippen LogP contribution in [0.4, 0.5) is 0 Å². The summed E-state index contributed by atoms with van der Waals surface area (Å²) in [4.78, 5) is 24.3. The average molecular weight is 725 g/mol. The largest absolute Gasteiger partial charge is 0.462 e. The Hall–Kier alpha value is -2.62. The zero-order valence-electron chi connectivity index (χ0n) is 27.7. The van der Waals surface area contributed by atoms with Crippen LogP contribution in [0.2, 0.25) is 0 Å². The van der Waals surface area contributed by atoms with E-state index < -0.39 is 55.3 Å². The van der Waals surface area contributed by atoms with Gasteiger partial charge in [0.05, 0.1) is 17.5 Å². The zero-order valence-corrected chi connectivity index (χ0v) is 30.2. The molecule has 4 rings (SSSR count). The third-order valence-corrected chi connectivity index (χ3v) is 15.0. The lowest BCUT2D eigenvalue weighted by Crippen LogP contribution is -2.33. The molecule has 2 heterocycles. The van der Waals surface area contributed by atoms with Gasteiger partial charge in [0.2, 0.25) is 5.91 Å². The molecule has 7 atom stereocenters. The van der Waals surface area contributed by atoms with Gasteiger partial charge in [0.15, 0.2) is 9.84 Å². The van der Waals surface area contributed by atoms with Gasteiger partial charge in [-0.15, -0.1) is 11.3 Å². The van der Waals surface area contributed by atoms with Crippen LogP contribution < -0.4 is 10.0 Å². The van der Waals surface area contributed by atoms with Gasteiger partial charge in [-0.05, 0) is 76.0 Å². The number of thiophene rings is 1. The number of amides is 1. The van der Waals surface area contributed by atoms with E-state index in [-0.39, 0.29) is 32.7 Å². The second kappa shape index (κ2) is 16.9. The van der Waals surface area contributed by atoms with Crippen molar-refractivity contribution in [2.75, 3.05) is 6.54 Å². The highest BCUT2D eigenvalue weighted by atomic mass is 32.3. The number of fused-ring (bicyclic) bond motifs is 1. The Bertz CT molecular complexity index is 1640. The minimum absolute atomic E-state index is 0.0299. The number of nitrogens with one attached hydrogen (secondary N) is 2. The molecule has 11 nitrogen and oxygen atoms in total. The fourth-order valence-corrected chi connectivity index (χ4v) is 11.8. The number of carbonyl (C=O) groups excluding carboxylic acids is 2. The van der Waals surface area contributed by atoms with Crippen LogP contribution >= 0.6 is 11.3 Å². The Morgan fingerprint density at radius 1 is 1.15 bits per heavy atom. The average Bonchev–Trinajstić information content (AvgIpc) is 3.60. The highest BCUT2D eigenvalue weighted by Gasteiger charge is 2.43. The molecule has 1 saturated carbocycles. The number of aliphatic hydroxyl groups is 2. The molecule has 2 aliphatic rings. The molecule has 1 amide bonds. The van der Waals surface area contributed by atoms with Crippen molar-refractivity contribution in [1.82, 2.24) is 10.0 Å². The van der Waals surface area contributed by atoms with Gasteiger partial charge in [-0.3, -0.25) is 9.59 Å². The summed E-state index contributed by atoms with van der Waals surface area (Å²) in [5, 5.41) is 24.0. The van der Waals surface area contributed by atoms with E-state index in [1.807, 2.05) is 49.4 Å². The lowest BCUT2D eigenvalue weighted by Gasteiger charge is -2.27. The van der Waals surface area contributed by atoms with Gasteiger partial charge >= 0.3 is 5.97 Å². The fourth-order valence-electron chi connectivity index (χ4n) is 6.78. The van der Waals surface area contributed by atoms with Gasteiger partial charge in [0, 0.05) is 37.3 Å². The van der Waals surface area contributed by atoms with Crippen molar-refractivity contribution >= 4 is 43.1 Å². The molecule has 1 aliphatic heterocycles. The smallest absolute Gasteiger partial charge is 0.302 e. The number of ether oxygens (including phenoxy) is 1. The number of rotatable bonds is 16. The van der Waals surface area contributed by atoms with Crippen LogP contribution in [-0.2, 0) is 40.6 Å². The molecule has 0 spiro atoms. The van der Waals surface area contributed by atoms with E-state index in [0.717, 1.165) is 5.56 Å². The Morgan fingerprint density at radius 2 is 1.88 bits per heavy atom. The number of allylic oxidation sites excluding steroid dienone is 2. The van der Waals surface area contributed by atoms with E-state index >= 15 is 0 Å². The highest BCUT2D eigenvalue weighted by molar-refractivity contribution is 7.95. The van der Waals surface area contributed by atoms with E-state index in [1.54, 1.807) is 6.92 Å². The van der Waals surface area contributed by atoms with Crippen LogP contribution in [0.3, 0.4) is 0 Å². The Kier molecular flexibility index (Phi) is 13.4. The van der Waals surface area contributed by atoms with Crippen LogP contribution in [0.15, 0.2) is 57.0 Å². The predicted molar refractivity (Wildman–Crippen MR) is 183 cm³/mol. The minimum Gasteiger partial charge on any atom is -0.462 e. The molecular formula is C34H48N2O9S3. The van der Waals surface area contributed by atoms with Gasteiger partial charge in [-0.2, -0.15) is 0 Å². The summed E-state index contributed by atoms with van der Waals surface area (Å²) in [6.45, 7) is 5.45. The molecule has 1 aliphatic carbocycles. The first-order chi connectivity index (χ1) is 22.7. The van der Waals surface area contributed by atoms with Crippen molar-refractivity contribution in [2.24, 2.45) is 11.8 Å². The fraction of sp³-hybridized carbons (Fsp3) is 0.588. The van der Waals surface area contributed by atoms with Crippen LogP contribution in [0.25, 0.3) is 0 Å². The summed E-state index contributed by atoms with van der Waals surface area (Å²) in [5.74, 6) is -1.38. The van der Waals surface area contributed by atoms with Crippen molar-refractivity contribution in [1.29, 1.82) is 0 Å². The normalized spacial score (nSPS) is 25.9. The maximum absolute atomic E-state index is 13.0. The van der Waals surface area contributed by atoms with Crippen molar-refractivity contribution in [3.05, 3.63) is 59.7 Å². The van der Waals surface area contributed by atoms with Gasteiger partial charge in [0.1, 0.15) is 14.5 Å². The van der Waals surface area contributed by atoms with Crippen LogP contribution in [0.5, 0.6) is 0 Å². The van der Waals surface area contributed by atoms with E-state index in [0.29, 0.717) is 74.8 Å². The second-order valence-electron chi connectivity index (χ2n) is 12.8. The summed E-state index contributed by atoms with van der Waals surface area (Å²) in [7, 11) is -7.91. The first kappa shape index (κ1) is 38.2. The molecule has 266 valence electrons. The Labute approximate surface area is 288 Å². The third-order valence-electron chi connectivity index (χ3n) is 9.21. The topological polar surface area (TPSA) is 176 Å². The first-order valence-corrected chi connectivity index (χ1v) is 20.5. The molecule has 2 aromatic rings. The van der Waals surface area contributed by atoms with E-state index in [2.05, 4.69) is 10.0 Å². The number of benzene rings is 1. The van der Waals surface area contributed by atoms with Gasteiger partial charge in [0.25, 0.3) is 10.0 Å². The van der Waals surface area contributed by atoms with Gasteiger partial charge in [-0.25, -0.2) is 21.6 Å². The first-order valence-electron chi connectivity index (χ1n) is 16.6. The number of aliphatic hydroxyl groups excluding tert-OH is 2. The summed E-state index contributed by atoms with van der Waals surface area (Å²) in [5.41, 5.74) is 1.46. The number of hydrogen-bond donors (Lipinski definition) is 4. The molecule has 1 aromatic carbocycles. The van der Waals surface area contributed by atoms with Gasteiger partial charge in [-0.1, -0.05) is 49.4 Å². The number of sulfone groups is 1. The van der Waals surface area contributed by atoms with E-state index in [4.69, 9.17) is 4.74 Å². The molecule has 1 aromatic heterocycles. The van der Waals surface area contributed by atoms with Gasteiger partial charge < -0.3 is 20.3 Å². The molecular weight excluding hydrogens is 677 g/mol. The van der Waals surface area contributed by atoms with E-state index in [9.17, 15) is 36.6 Å². The number of unbranched alkanes of at least 4 members (excludes halogenated alkanes) is 1. The summed E-state index contributed by atoms with van der Waals surface area (Å²) >= 11 is 0.676. The SMILES string of the molecule is CCN[C@@H]1C[C@@H](C)S(=O)(=O)c2sc(S(=O)(=O)NC(=O)CCC/C=C\C[C@@H]3[C@@H](CC[C@@H](O)Cc4ccccc4)[C@H](OC(C)=O)C[C@@H]3O)cc21. The van der Waals surface area contributed by atoms with Crippen molar-refractivity contribution in [3.8, 4) is 0 Å². The van der Waals surface area contributed by atoms with E-state index in [1.165, 1.54) is 13.0 Å². The summed E-state index contributed by atoms with van der Waals surface area (Å²) < 4.78 is 59.3. The highest BCUT2D eigenvalue weighted by Crippen LogP contribution is 2.43. The maximum atomic E-state index is 13.0. The lowest BCUT2D eigenvalue weighted by molar-refractivity contribution is -0.148. The van der Waals surface area contributed by atoms with Crippen molar-refractivity contribution in [2.45, 2.75) is 117 Å². The number of carbonyl (C=O) groups is 2. The number of sulfonamides is 1. The number of hydrogen-bond acceptors (Lipinski definition) is 11. The Balaban J connectivity index is 1.28. The molecule has 0 saturated heterocycles.